The van der Waals surface area contributed by atoms with Gasteiger partial charge in [-0.15, -0.1) is 0 Å². The summed E-state index contributed by atoms with van der Waals surface area (Å²) in [5, 5.41) is -1.24. The molecule has 1 heterocycles. The number of alkyl halides is 2. The molecule has 0 N–H and O–H groups in total. The van der Waals surface area contributed by atoms with Gasteiger partial charge in [0.1, 0.15) is 5.69 Å². The van der Waals surface area contributed by atoms with E-state index in [0.717, 1.165) is 6.20 Å². The Labute approximate surface area is 88.8 Å². The Morgan fingerprint density at radius 2 is 2.14 bits per heavy atom. The van der Waals surface area contributed by atoms with Gasteiger partial charge in [-0.25, -0.2) is 8.78 Å². The van der Waals surface area contributed by atoms with E-state index in [2.05, 4.69) is 4.98 Å². The molecule has 1 aromatic rings. The zero-order chi connectivity index (χ0) is 10.9. The first-order chi connectivity index (χ1) is 6.45. The van der Waals surface area contributed by atoms with Crippen molar-refractivity contribution in [3.8, 4) is 0 Å². The van der Waals surface area contributed by atoms with Crippen molar-refractivity contribution in [3.63, 3.8) is 0 Å². The molecule has 0 bridgehead atoms. The Kier molecular flexibility index (Phi) is 3.39. The summed E-state index contributed by atoms with van der Waals surface area (Å²) in [7, 11) is 0. The van der Waals surface area contributed by atoms with Crippen molar-refractivity contribution in [2.45, 2.75) is 13.3 Å². The molecule has 6 heteroatoms. The van der Waals surface area contributed by atoms with E-state index in [1.807, 2.05) is 0 Å². The minimum Gasteiger partial charge on any atom is -0.276 e. The number of carbonyl (C=O) groups is 1. The van der Waals surface area contributed by atoms with E-state index in [-0.39, 0.29) is 10.6 Å². The number of pyridine rings is 1. The van der Waals surface area contributed by atoms with Gasteiger partial charge in [0, 0.05) is 6.20 Å². The molecule has 14 heavy (non-hydrogen) atoms. The molecule has 0 saturated carbocycles. The van der Waals surface area contributed by atoms with Gasteiger partial charge in [0.25, 0.3) is 11.7 Å². The maximum atomic E-state index is 12.3. The van der Waals surface area contributed by atoms with Crippen LogP contribution in [0.1, 0.15) is 28.0 Å². The monoisotopic (exact) mass is 239 g/mol. The van der Waals surface area contributed by atoms with Gasteiger partial charge >= 0.3 is 0 Å². The SMILES string of the molecule is Cc1cnc(C(F)F)c(Cl)c1C(=O)Cl. The zero-order valence-electron chi connectivity index (χ0n) is 7.02. The fraction of sp³-hybridized carbons (Fsp3) is 0.250. The van der Waals surface area contributed by atoms with Gasteiger partial charge in [-0.1, -0.05) is 11.6 Å². The van der Waals surface area contributed by atoms with Gasteiger partial charge in [0.15, 0.2) is 0 Å². The highest BCUT2D eigenvalue weighted by atomic mass is 35.5. The lowest BCUT2D eigenvalue weighted by atomic mass is 10.1. The van der Waals surface area contributed by atoms with Crippen molar-refractivity contribution in [2.75, 3.05) is 0 Å². The van der Waals surface area contributed by atoms with E-state index < -0.39 is 17.4 Å². The van der Waals surface area contributed by atoms with E-state index in [4.69, 9.17) is 23.2 Å². The average molecular weight is 240 g/mol. The predicted molar refractivity (Wildman–Crippen MR) is 49.1 cm³/mol. The van der Waals surface area contributed by atoms with Crippen LogP contribution in [0.15, 0.2) is 6.20 Å². The normalized spacial score (nSPS) is 10.7. The Hall–Kier alpha value is -0.740. The van der Waals surface area contributed by atoms with Crippen LogP contribution in [-0.4, -0.2) is 10.2 Å². The molecule has 0 saturated heterocycles. The molecular formula is C8H5Cl2F2NO. The number of aryl methyl sites for hydroxylation is 1. The van der Waals surface area contributed by atoms with Crippen LogP contribution in [0.3, 0.4) is 0 Å². The van der Waals surface area contributed by atoms with Crippen LogP contribution in [0.5, 0.6) is 0 Å². The maximum Gasteiger partial charge on any atom is 0.281 e. The van der Waals surface area contributed by atoms with E-state index >= 15 is 0 Å². The van der Waals surface area contributed by atoms with Crippen molar-refractivity contribution in [1.29, 1.82) is 0 Å². The largest absolute Gasteiger partial charge is 0.281 e. The third-order valence-electron chi connectivity index (χ3n) is 1.64. The maximum absolute atomic E-state index is 12.3. The number of aromatic nitrogens is 1. The number of rotatable bonds is 2. The Bertz CT molecular complexity index is 382. The molecule has 0 aliphatic carbocycles. The van der Waals surface area contributed by atoms with Gasteiger partial charge in [-0.05, 0) is 24.1 Å². The average Bonchev–Trinajstić information content (AvgIpc) is 2.02. The first-order valence-electron chi connectivity index (χ1n) is 3.58. The smallest absolute Gasteiger partial charge is 0.276 e. The topological polar surface area (TPSA) is 30.0 Å². The van der Waals surface area contributed by atoms with Crippen LogP contribution < -0.4 is 0 Å². The van der Waals surface area contributed by atoms with Gasteiger partial charge < -0.3 is 0 Å². The van der Waals surface area contributed by atoms with Crippen LogP contribution in [0.25, 0.3) is 0 Å². The molecule has 0 fully saturated rings. The van der Waals surface area contributed by atoms with Crippen molar-refractivity contribution in [2.24, 2.45) is 0 Å². The van der Waals surface area contributed by atoms with Gasteiger partial charge in [0.05, 0.1) is 10.6 Å². The van der Waals surface area contributed by atoms with Crippen molar-refractivity contribution in [1.82, 2.24) is 4.98 Å². The van der Waals surface area contributed by atoms with Crippen LogP contribution in [0, 0.1) is 6.92 Å². The molecule has 0 radical (unpaired) electrons. The fourth-order valence-electron chi connectivity index (χ4n) is 0.982. The van der Waals surface area contributed by atoms with E-state index in [1.165, 1.54) is 6.92 Å². The molecule has 0 spiro atoms. The van der Waals surface area contributed by atoms with Gasteiger partial charge in [0.2, 0.25) is 0 Å². The predicted octanol–water partition coefficient (Wildman–Crippen LogP) is 3.36. The van der Waals surface area contributed by atoms with Crippen molar-refractivity contribution < 1.29 is 13.6 Å². The van der Waals surface area contributed by atoms with Crippen LogP contribution in [0.2, 0.25) is 5.02 Å². The van der Waals surface area contributed by atoms with Crippen molar-refractivity contribution >= 4 is 28.4 Å². The summed E-state index contributed by atoms with van der Waals surface area (Å²) < 4.78 is 24.6. The lowest BCUT2D eigenvalue weighted by Crippen LogP contribution is -2.02. The van der Waals surface area contributed by atoms with Crippen LogP contribution in [-0.2, 0) is 0 Å². The Balaban J connectivity index is 3.41. The summed E-state index contributed by atoms with van der Waals surface area (Å²) in [6.45, 7) is 1.52. The number of nitrogens with zero attached hydrogens (tertiary/aromatic N) is 1. The lowest BCUT2D eigenvalue weighted by Gasteiger charge is -2.07. The molecule has 0 aromatic carbocycles. The Morgan fingerprint density at radius 3 is 2.57 bits per heavy atom. The third kappa shape index (κ3) is 2.01. The second kappa shape index (κ2) is 4.19. The summed E-state index contributed by atoms with van der Waals surface area (Å²) in [6.07, 6.45) is -1.68. The Morgan fingerprint density at radius 1 is 1.57 bits per heavy atom. The van der Waals surface area contributed by atoms with Crippen molar-refractivity contribution in [3.05, 3.63) is 28.0 Å². The van der Waals surface area contributed by atoms with Gasteiger partial charge in [-0.2, -0.15) is 0 Å². The number of halogens is 4. The minimum absolute atomic E-state index is 0.112. The molecule has 0 atom stereocenters. The number of hydrogen-bond donors (Lipinski definition) is 0. The second-order valence-corrected chi connectivity index (χ2v) is 3.31. The summed E-state index contributed by atoms with van der Waals surface area (Å²) in [5.74, 6) is 0. The molecule has 1 rings (SSSR count). The summed E-state index contributed by atoms with van der Waals surface area (Å²) >= 11 is 10.8. The highest BCUT2D eigenvalue weighted by Gasteiger charge is 2.21. The summed E-state index contributed by atoms with van der Waals surface area (Å²) in [4.78, 5) is 14.3. The molecule has 0 aliphatic heterocycles. The van der Waals surface area contributed by atoms with Crippen LogP contribution in [0.4, 0.5) is 8.78 Å². The van der Waals surface area contributed by atoms with E-state index in [0.29, 0.717) is 5.56 Å². The quantitative estimate of drug-likeness (QED) is 0.742. The molecule has 2 nitrogen and oxygen atoms in total. The third-order valence-corrected chi connectivity index (χ3v) is 2.21. The van der Waals surface area contributed by atoms with E-state index in [1.54, 1.807) is 0 Å². The fourth-order valence-corrected chi connectivity index (χ4v) is 1.64. The van der Waals surface area contributed by atoms with Crippen LogP contribution >= 0.6 is 23.2 Å². The number of carbonyl (C=O) groups excluding carboxylic acids is 1. The number of hydrogen-bond acceptors (Lipinski definition) is 2. The molecule has 0 amide bonds. The molecule has 1 aromatic heterocycles. The molecule has 76 valence electrons. The molecule has 0 aliphatic rings. The standard InChI is InChI=1S/C8H5Cl2F2NO/c1-3-2-13-6(8(11)12)5(9)4(3)7(10)14/h2,8H,1H3. The first-order valence-corrected chi connectivity index (χ1v) is 4.33. The minimum atomic E-state index is -2.82. The molecular weight excluding hydrogens is 235 g/mol. The zero-order valence-corrected chi connectivity index (χ0v) is 8.53. The van der Waals surface area contributed by atoms with E-state index in [9.17, 15) is 13.6 Å². The lowest BCUT2D eigenvalue weighted by molar-refractivity contribution is 0.108. The highest BCUT2D eigenvalue weighted by molar-refractivity contribution is 6.69. The summed E-state index contributed by atoms with van der Waals surface area (Å²) in [5.41, 5.74) is -0.362. The first kappa shape index (κ1) is 11.3. The summed E-state index contributed by atoms with van der Waals surface area (Å²) in [6, 6.07) is 0. The van der Waals surface area contributed by atoms with Gasteiger partial charge in [-0.3, -0.25) is 9.78 Å². The second-order valence-electron chi connectivity index (χ2n) is 2.59. The highest BCUT2D eigenvalue weighted by Crippen LogP contribution is 2.30. The molecule has 0 unspecified atom stereocenters.